The van der Waals surface area contributed by atoms with E-state index in [9.17, 15) is 18.6 Å². The van der Waals surface area contributed by atoms with Crippen LogP contribution in [0.4, 0.5) is 0 Å². The van der Waals surface area contributed by atoms with Crippen molar-refractivity contribution in [1.29, 1.82) is 0 Å². The van der Waals surface area contributed by atoms with Crippen LogP contribution >= 0.6 is 0 Å². The average Bonchev–Trinajstić information content (AvgIpc) is 2.32. The Kier molecular flexibility index (Phi) is 2.96. The van der Waals surface area contributed by atoms with Gasteiger partial charge in [-0.25, -0.2) is 13.4 Å². The van der Waals surface area contributed by atoms with Gasteiger partial charge in [-0.2, -0.15) is 0 Å². The molecule has 2 aromatic rings. The third-order valence-corrected chi connectivity index (χ3v) is 3.44. The largest absolute Gasteiger partial charge is 0.504 e. The standard InChI is InChI=1S/C12H11NO4S/c1-18(16,17)11-6-5-8(7-13-11)9-3-2-4-10(14)12(9)15/h2-7,14-15H,1H3. The fourth-order valence-corrected chi connectivity index (χ4v) is 2.08. The van der Waals surface area contributed by atoms with E-state index in [1.807, 2.05) is 0 Å². The fraction of sp³-hybridized carbons (Fsp3) is 0.0833. The van der Waals surface area contributed by atoms with Gasteiger partial charge in [0.05, 0.1) is 0 Å². The number of sulfone groups is 1. The third kappa shape index (κ3) is 2.28. The van der Waals surface area contributed by atoms with E-state index in [2.05, 4.69) is 4.98 Å². The second-order valence-electron chi connectivity index (χ2n) is 3.83. The van der Waals surface area contributed by atoms with E-state index in [1.165, 1.54) is 24.4 Å². The van der Waals surface area contributed by atoms with Gasteiger partial charge < -0.3 is 10.2 Å². The van der Waals surface area contributed by atoms with Crippen LogP contribution in [-0.4, -0.2) is 29.9 Å². The Balaban J connectivity index is 2.50. The summed E-state index contributed by atoms with van der Waals surface area (Å²) >= 11 is 0. The molecule has 18 heavy (non-hydrogen) atoms. The fourth-order valence-electron chi connectivity index (χ4n) is 1.52. The van der Waals surface area contributed by atoms with Gasteiger partial charge in [-0.05, 0) is 18.2 Å². The van der Waals surface area contributed by atoms with Gasteiger partial charge in [0, 0.05) is 23.6 Å². The zero-order valence-electron chi connectivity index (χ0n) is 9.53. The van der Waals surface area contributed by atoms with Gasteiger partial charge in [-0.3, -0.25) is 0 Å². The lowest BCUT2D eigenvalue weighted by molar-refractivity contribution is 0.405. The van der Waals surface area contributed by atoms with Crippen molar-refractivity contribution in [3.8, 4) is 22.6 Å². The quantitative estimate of drug-likeness (QED) is 0.805. The molecule has 0 spiro atoms. The molecule has 1 aromatic heterocycles. The van der Waals surface area contributed by atoms with E-state index in [-0.39, 0.29) is 16.5 Å². The van der Waals surface area contributed by atoms with Crippen LogP contribution in [0, 0.1) is 0 Å². The van der Waals surface area contributed by atoms with Gasteiger partial charge in [-0.1, -0.05) is 12.1 Å². The first-order chi connectivity index (χ1) is 8.39. The molecular formula is C12H11NO4S. The number of phenols is 2. The van der Waals surface area contributed by atoms with Crippen molar-refractivity contribution >= 4 is 9.84 Å². The Morgan fingerprint density at radius 2 is 1.83 bits per heavy atom. The number of nitrogens with zero attached hydrogens (tertiary/aromatic N) is 1. The van der Waals surface area contributed by atoms with Gasteiger partial charge in [-0.15, -0.1) is 0 Å². The van der Waals surface area contributed by atoms with Gasteiger partial charge in [0.15, 0.2) is 26.4 Å². The monoisotopic (exact) mass is 265 g/mol. The summed E-state index contributed by atoms with van der Waals surface area (Å²) in [6.45, 7) is 0. The third-order valence-electron chi connectivity index (χ3n) is 2.44. The Hall–Kier alpha value is -2.08. The van der Waals surface area contributed by atoms with E-state index in [1.54, 1.807) is 12.1 Å². The van der Waals surface area contributed by atoms with Crippen LogP contribution in [-0.2, 0) is 9.84 Å². The molecule has 0 unspecified atom stereocenters. The summed E-state index contributed by atoms with van der Waals surface area (Å²) in [7, 11) is -3.34. The predicted octanol–water partition coefficient (Wildman–Crippen LogP) is 1.56. The zero-order chi connectivity index (χ0) is 13.3. The number of rotatable bonds is 2. The van der Waals surface area contributed by atoms with Crippen molar-refractivity contribution in [2.45, 2.75) is 5.03 Å². The number of hydrogen-bond donors (Lipinski definition) is 2. The van der Waals surface area contributed by atoms with Crippen LogP contribution in [0.5, 0.6) is 11.5 Å². The number of phenolic OH excluding ortho intramolecular Hbond substituents is 2. The molecule has 0 aliphatic carbocycles. The molecule has 0 bridgehead atoms. The van der Waals surface area contributed by atoms with Crippen LogP contribution in [0.3, 0.4) is 0 Å². The molecule has 1 aromatic carbocycles. The van der Waals surface area contributed by atoms with Crippen LogP contribution in [0.25, 0.3) is 11.1 Å². The van der Waals surface area contributed by atoms with Crippen LogP contribution in [0.15, 0.2) is 41.6 Å². The Labute approximate surface area is 104 Å². The molecule has 0 atom stereocenters. The number of benzene rings is 1. The summed E-state index contributed by atoms with van der Waals surface area (Å²) < 4.78 is 22.5. The number of aromatic hydroxyl groups is 2. The summed E-state index contributed by atoms with van der Waals surface area (Å²) in [5, 5.41) is 19.0. The molecule has 0 aliphatic heterocycles. The van der Waals surface area contributed by atoms with E-state index in [0.29, 0.717) is 11.1 Å². The van der Waals surface area contributed by atoms with Crippen molar-refractivity contribution < 1.29 is 18.6 Å². The summed E-state index contributed by atoms with van der Waals surface area (Å²) in [6.07, 6.45) is 2.41. The van der Waals surface area contributed by atoms with Gasteiger partial charge >= 0.3 is 0 Å². The Morgan fingerprint density at radius 1 is 1.11 bits per heavy atom. The minimum atomic E-state index is -3.34. The number of hydrogen-bond acceptors (Lipinski definition) is 5. The van der Waals surface area contributed by atoms with Crippen LogP contribution in [0.2, 0.25) is 0 Å². The van der Waals surface area contributed by atoms with E-state index in [4.69, 9.17) is 0 Å². The van der Waals surface area contributed by atoms with Gasteiger partial charge in [0.2, 0.25) is 0 Å². The van der Waals surface area contributed by atoms with Crippen molar-refractivity contribution in [2.24, 2.45) is 0 Å². The van der Waals surface area contributed by atoms with Crippen molar-refractivity contribution in [1.82, 2.24) is 4.98 Å². The molecule has 2 N–H and O–H groups in total. The first-order valence-electron chi connectivity index (χ1n) is 5.07. The van der Waals surface area contributed by atoms with Gasteiger partial charge in [0.1, 0.15) is 0 Å². The second kappa shape index (κ2) is 4.30. The average molecular weight is 265 g/mol. The minimum absolute atomic E-state index is 0.0362. The topological polar surface area (TPSA) is 87.5 Å². The minimum Gasteiger partial charge on any atom is -0.504 e. The van der Waals surface area contributed by atoms with Crippen LogP contribution in [0.1, 0.15) is 0 Å². The molecule has 0 radical (unpaired) electrons. The molecule has 0 fully saturated rings. The van der Waals surface area contributed by atoms with Crippen molar-refractivity contribution in [3.63, 3.8) is 0 Å². The smallest absolute Gasteiger partial charge is 0.192 e. The van der Waals surface area contributed by atoms with E-state index < -0.39 is 9.84 Å². The molecule has 6 heteroatoms. The number of aromatic nitrogens is 1. The highest BCUT2D eigenvalue weighted by atomic mass is 32.2. The van der Waals surface area contributed by atoms with Crippen molar-refractivity contribution in [2.75, 3.05) is 6.26 Å². The Bertz CT molecular complexity index is 678. The summed E-state index contributed by atoms with van der Waals surface area (Å²) in [6, 6.07) is 7.42. The summed E-state index contributed by atoms with van der Waals surface area (Å²) in [4.78, 5) is 3.82. The molecular weight excluding hydrogens is 254 g/mol. The molecule has 0 aliphatic rings. The molecule has 0 amide bonds. The normalized spacial score (nSPS) is 11.4. The lowest BCUT2D eigenvalue weighted by Gasteiger charge is -2.06. The molecule has 5 nitrogen and oxygen atoms in total. The summed E-state index contributed by atoms with van der Waals surface area (Å²) in [5.41, 5.74) is 0.915. The molecule has 0 saturated carbocycles. The first kappa shape index (κ1) is 12.4. The lowest BCUT2D eigenvalue weighted by Crippen LogP contribution is -1.99. The molecule has 94 valence electrons. The second-order valence-corrected chi connectivity index (χ2v) is 5.79. The first-order valence-corrected chi connectivity index (χ1v) is 6.96. The predicted molar refractivity (Wildman–Crippen MR) is 66.1 cm³/mol. The molecule has 2 rings (SSSR count). The lowest BCUT2D eigenvalue weighted by atomic mass is 10.1. The maximum atomic E-state index is 11.2. The van der Waals surface area contributed by atoms with Gasteiger partial charge in [0.25, 0.3) is 0 Å². The van der Waals surface area contributed by atoms with E-state index >= 15 is 0 Å². The maximum absolute atomic E-state index is 11.2. The number of para-hydroxylation sites is 1. The van der Waals surface area contributed by atoms with E-state index in [0.717, 1.165) is 6.26 Å². The number of pyridine rings is 1. The molecule has 1 heterocycles. The SMILES string of the molecule is CS(=O)(=O)c1ccc(-c2cccc(O)c2O)cn1. The maximum Gasteiger partial charge on any atom is 0.192 e. The summed E-state index contributed by atoms with van der Waals surface area (Å²) in [5.74, 6) is -0.494. The highest BCUT2D eigenvalue weighted by Gasteiger charge is 2.11. The molecule has 0 saturated heterocycles. The van der Waals surface area contributed by atoms with Crippen LogP contribution < -0.4 is 0 Å². The highest BCUT2D eigenvalue weighted by Crippen LogP contribution is 2.35. The Morgan fingerprint density at radius 3 is 2.39 bits per heavy atom. The zero-order valence-corrected chi connectivity index (χ0v) is 10.3. The highest BCUT2D eigenvalue weighted by molar-refractivity contribution is 7.90. The van der Waals surface area contributed by atoms with Crippen molar-refractivity contribution in [3.05, 3.63) is 36.5 Å².